The molecule has 0 aliphatic rings. The predicted molar refractivity (Wildman–Crippen MR) is 115 cm³/mol. The second-order valence-electron chi connectivity index (χ2n) is 8.16. The van der Waals surface area contributed by atoms with Gasteiger partial charge in [0.1, 0.15) is 8.07 Å². The van der Waals surface area contributed by atoms with E-state index in [2.05, 4.69) is 53.0 Å². The van der Waals surface area contributed by atoms with Crippen molar-refractivity contribution in [3.8, 4) is 11.5 Å². The monoisotopic (exact) mass is 424 g/mol. The van der Waals surface area contributed by atoms with Crippen molar-refractivity contribution in [3.63, 3.8) is 0 Å². The Morgan fingerprint density at radius 1 is 1.10 bits per heavy atom. The summed E-state index contributed by atoms with van der Waals surface area (Å²) in [5.74, 6) is 2.59. The molecule has 1 aromatic carbocycles. The topological polar surface area (TPSA) is 26.3 Å². The van der Waals surface area contributed by atoms with Gasteiger partial charge in [-0.1, -0.05) is 53.7 Å². The van der Waals surface area contributed by atoms with Gasteiger partial charge in [-0.05, 0) is 40.4 Å². The van der Waals surface area contributed by atoms with Crippen LogP contribution in [0, 0.1) is 11.5 Å². The van der Waals surface area contributed by atoms with Gasteiger partial charge in [0.05, 0.1) is 12.7 Å². The van der Waals surface area contributed by atoms with Gasteiger partial charge in [0.2, 0.25) is 0 Å². The van der Waals surface area contributed by atoms with Crippen LogP contribution in [-0.4, -0.2) is 21.2 Å². The number of benzene rings is 1. The lowest BCUT2D eigenvalue weighted by atomic mass is 10.1. The number of rotatable bonds is 6. The van der Waals surface area contributed by atoms with Crippen molar-refractivity contribution < 1.29 is 22.7 Å². The number of hydrogen-bond donors (Lipinski definition) is 0. The number of hydrogen-bond acceptors (Lipinski definition) is 2. The summed E-state index contributed by atoms with van der Waals surface area (Å²) in [6.45, 7) is 13.2. The van der Waals surface area contributed by atoms with Crippen LogP contribution in [0.15, 0.2) is 29.8 Å². The minimum absolute atomic E-state index is 0.143. The molecule has 0 atom stereocenters. The molecule has 0 aromatic heterocycles. The molecule has 0 amide bonds. The lowest BCUT2D eigenvalue weighted by Gasteiger charge is -2.38. The molecule has 160 valence electrons. The molecule has 0 heterocycles. The zero-order chi connectivity index (χ0) is 22.4. The Labute approximate surface area is 173 Å². The number of esters is 1. The first-order chi connectivity index (χ1) is 13.4. The fraction of sp³-hybridized carbons (Fsp3) is 0.522. The van der Waals surface area contributed by atoms with Gasteiger partial charge in [0.25, 0.3) is 0 Å². The van der Waals surface area contributed by atoms with Gasteiger partial charge in [-0.15, -0.1) is 11.5 Å². The average Bonchev–Trinajstić information content (AvgIpc) is 2.62. The highest BCUT2D eigenvalue weighted by Gasteiger charge is 2.41. The Morgan fingerprint density at radius 3 is 2.10 bits per heavy atom. The third kappa shape index (κ3) is 6.24. The van der Waals surface area contributed by atoms with Crippen LogP contribution in [0.5, 0.6) is 0 Å². The van der Waals surface area contributed by atoms with Crippen LogP contribution in [0.1, 0.15) is 59.1 Å². The van der Waals surface area contributed by atoms with Crippen LogP contribution >= 0.6 is 0 Å². The number of ether oxygens (including phenoxy) is 1. The van der Waals surface area contributed by atoms with Gasteiger partial charge in [0.15, 0.2) is 0 Å². The van der Waals surface area contributed by atoms with Crippen LogP contribution in [0.3, 0.4) is 0 Å². The number of carbonyl (C=O) groups excluding carboxylic acids is 1. The fourth-order valence-electron chi connectivity index (χ4n) is 4.04. The first-order valence-electron chi connectivity index (χ1n) is 9.82. The molecule has 0 aliphatic heterocycles. The summed E-state index contributed by atoms with van der Waals surface area (Å²) in [6.07, 6.45) is -2.87. The third-order valence-electron chi connectivity index (χ3n) is 5.45. The second-order valence-corrected chi connectivity index (χ2v) is 13.7. The zero-order valence-corrected chi connectivity index (χ0v) is 19.3. The summed E-state index contributed by atoms with van der Waals surface area (Å²) in [5, 5.41) is 0. The minimum Gasteiger partial charge on any atom is -0.466 e. The van der Waals surface area contributed by atoms with Crippen molar-refractivity contribution in [1.29, 1.82) is 0 Å². The van der Waals surface area contributed by atoms with E-state index < -0.39 is 25.8 Å². The summed E-state index contributed by atoms with van der Waals surface area (Å²) in [7, 11) is -0.699. The highest BCUT2D eigenvalue weighted by Crippen LogP contribution is 2.40. The van der Waals surface area contributed by atoms with Crippen molar-refractivity contribution in [2.24, 2.45) is 0 Å². The number of carbonyl (C=O) groups is 1. The van der Waals surface area contributed by atoms with Gasteiger partial charge >= 0.3 is 12.1 Å². The largest absolute Gasteiger partial charge is 0.466 e. The quantitative estimate of drug-likeness (QED) is 0.215. The Morgan fingerprint density at radius 2 is 1.66 bits per heavy atom. The molecule has 0 aliphatic carbocycles. The molecule has 0 N–H and O–H groups in total. The summed E-state index contributed by atoms with van der Waals surface area (Å²) >= 11 is 0. The summed E-state index contributed by atoms with van der Waals surface area (Å²) in [4.78, 5) is 12.2. The minimum atomic E-state index is -4.44. The van der Waals surface area contributed by atoms with Crippen LogP contribution in [-0.2, 0) is 15.7 Å². The molecular weight excluding hydrogens is 393 g/mol. The van der Waals surface area contributed by atoms with Crippen molar-refractivity contribution in [2.75, 3.05) is 7.11 Å². The molecule has 2 nitrogen and oxygen atoms in total. The predicted octanol–water partition coefficient (Wildman–Crippen LogP) is 6.87. The number of methoxy groups -OCH3 is 1. The molecule has 0 fully saturated rings. The highest BCUT2D eigenvalue weighted by molar-refractivity contribution is 6.90. The van der Waals surface area contributed by atoms with Crippen LogP contribution in [0.25, 0.3) is 6.08 Å². The summed E-state index contributed by atoms with van der Waals surface area (Å²) in [6, 6.07) is 4.87. The van der Waals surface area contributed by atoms with E-state index in [9.17, 15) is 18.0 Å². The highest BCUT2D eigenvalue weighted by atomic mass is 28.3. The smallest absolute Gasteiger partial charge is 0.416 e. The fourth-order valence-corrected chi connectivity index (χ4v) is 9.31. The molecular formula is C23H31F3O2Si. The first kappa shape index (κ1) is 25.0. The van der Waals surface area contributed by atoms with Crippen molar-refractivity contribution in [2.45, 2.75) is 70.8 Å². The van der Waals surface area contributed by atoms with Gasteiger partial charge < -0.3 is 4.74 Å². The molecule has 29 heavy (non-hydrogen) atoms. The average molecular weight is 425 g/mol. The maximum Gasteiger partial charge on any atom is 0.416 e. The third-order valence-corrected chi connectivity index (χ3v) is 11.8. The Hall–Kier alpha value is -2.00. The molecule has 6 heteroatoms. The Kier molecular flexibility index (Phi) is 8.77. The molecule has 0 spiro atoms. The zero-order valence-electron chi connectivity index (χ0n) is 18.3. The SMILES string of the molecule is COC(=O)/C(=C\c1cccc(C(F)(F)F)c1)CC#C[Si](C(C)C)(C(C)C)C(C)C. The van der Waals surface area contributed by atoms with Crippen molar-refractivity contribution in [3.05, 3.63) is 41.0 Å². The normalized spacial score (nSPS) is 12.9. The summed E-state index contributed by atoms with van der Waals surface area (Å²) < 4.78 is 43.7. The molecule has 0 saturated carbocycles. The van der Waals surface area contributed by atoms with E-state index in [-0.39, 0.29) is 12.0 Å². The van der Waals surface area contributed by atoms with E-state index in [0.717, 1.165) is 12.1 Å². The summed E-state index contributed by atoms with van der Waals surface area (Å²) in [5.41, 5.74) is 4.65. The van der Waals surface area contributed by atoms with Gasteiger partial charge in [0, 0.05) is 12.0 Å². The van der Waals surface area contributed by atoms with E-state index in [0.29, 0.717) is 22.2 Å². The van der Waals surface area contributed by atoms with Crippen LogP contribution in [0.4, 0.5) is 13.2 Å². The van der Waals surface area contributed by atoms with E-state index in [4.69, 9.17) is 4.74 Å². The molecule has 0 radical (unpaired) electrons. The second kappa shape index (κ2) is 10.2. The first-order valence-corrected chi connectivity index (χ1v) is 12.1. The van der Waals surface area contributed by atoms with Crippen LogP contribution in [0.2, 0.25) is 16.6 Å². The molecule has 1 rings (SSSR count). The maximum absolute atomic E-state index is 13.0. The van der Waals surface area contributed by atoms with Gasteiger partial charge in [-0.25, -0.2) is 4.79 Å². The van der Waals surface area contributed by atoms with E-state index in [1.54, 1.807) is 0 Å². The Bertz CT molecular complexity index is 775. The Balaban J connectivity index is 3.32. The standard InChI is InChI=1S/C23H31F3O2Si/c1-16(2)29(17(3)4,18(5)6)13-9-11-20(22(27)28-7)14-19-10-8-12-21(15-19)23(24,25)26/h8,10,12,14-18H,11H2,1-7H3/b20-14-. The molecule has 0 unspecified atom stereocenters. The number of halogens is 3. The van der Waals surface area contributed by atoms with Crippen molar-refractivity contribution in [1.82, 2.24) is 0 Å². The van der Waals surface area contributed by atoms with Crippen LogP contribution < -0.4 is 0 Å². The van der Waals surface area contributed by atoms with E-state index in [1.807, 2.05) is 0 Å². The lowest BCUT2D eigenvalue weighted by Crippen LogP contribution is -2.43. The molecule has 1 aromatic rings. The van der Waals surface area contributed by atoms with Gasteiger partial charge in [-0.2, -0.15) is 13.2 Å². The van der Waals surface area contributed by atoms with Gasteiger partial charge in [-0.3, -0.25) is 0 Å². The van der Waals surface area contributed by atoms with E-state index in [1.165, 1.54) is 25.3 Å². The molecule has 0 bridgehead atoms. The maximum atomic E-state index is 13.0. The number of alkyl halides is 3. The lowest BCUT2D eigenvalue weighted by molar-refractivity contribution is -0.137. The van der Waals surface area contributed by atoms with Crippen molar-refractivity contribution >= 4 is 20.1 Å². The molecule has 0 saturated heterocycles. The van der Waals surface area contributed by atoms with E-state index >= 15 is 0 Å².